The lowest BCUT2D eigenvalue weighted by molar-refractivity contribution is -0.139. The molecule has 2 fully saturated rings. The summed E-state index contributed by atoms with van der Waals surface area (Å²) >= 11 is 1.90. The first kappa shape index (κ1) is 32.5. The number of amides is 1. The van der Waals surface area contributed by atoms with Crippen LogP contribution >= 0.6 is 11.8 Å². The largest absolute Gasteiger partial charge is 0.480 e. The third-order valence-electron chi connectivity index (χ3n) is 8.43. The highest BCUT2D eigenvalue weighted by Crippen LogP contribution is 2.32. The van der Waals surface area contributed by atoms with E-state index in [4.69, 9.17) is 4.74 Å². The smallest absolute Gasteiger partial charge is 0.326 e. The third kappa shape index (κ3) is 9.05. The zero-order chi connectivity index (χ0) is 30.3. The van der Waals surface area contributed by atoms with Gasteiger partial charge in [0, 0.05) is 36.2 Å². The van der Waals surface area contributed by atoms with Crippen LogP contribution < -0.4 is 5.32 Å². The van der Waals surface area contributed by atoms with E-state index in [9.17, 15) is 23.1 Å². The zero-order valence-electron chi connectivity index (χ0n) is 24.9. The van der Waals surface area contributed by atoms with E-state index in [2.05, 4.69) is 16.5 Å². The number of carboxylic acids is 1. The summed E-state index contributed by atoms with van der Waals surface area (Å²) in [6, 6.07) is 12.6. The van der Waals surface area contributed by atoms with E-state index in [-0.39, 0.29) is 12.2 Å². The van der Waals surface area contributed by atoms with Gasteiger partial charge in [0.15, 0.2) is 0 Å². The fourth-order valence-corrected chi connectivity index (χ4v) is 7.42. The molecule has 0 bridgehead atoms. The van der Waals surface area contributed by atoms with Gasteiger partial charge in [-0.15, -0.1) is 0 Å². The number of aryl methyl sites for hydroxylation is 1. The van der Waals surface area contributed by atoms with Crippen molar-refractivity contribution in [2.24, 2.45) is 0 Å². The van der Waals surface area contributed by atoms with E-state index in [0.29, 0.717) is 23.0 Å². The number of thioether (sulfide) groups is 1. The van der Waals surface area contributed by atoms with Crippen molar-refractivity contribution in [3.8, 4) is 11.1 Å². The summed E-state index contributed by atoms with van der Waals surface area (Å²) in [5.41, 5.74) is 4.05. The lowest BCUT2D eigenvalue weighted by atomic mass is 9.93. The number of carbonyl (C=O) groups excluding carboxylic acids is 1. The molecule has 1 aliphatic heterocycles. The van der Waals surface area contributed by atoms with Crippen molar-refractivity contribution in [1.29, 1.82) is 0 Å². The van der Waals surface area contributed by atoms with Crippen LogP contribution in [0.3, 0.4) is 0 Å². The van der Waals surface area contributed by atoms with E-state index in [1.807, 2.05) is 55.1 Å². The molecule has 1 saturated carbocycles. The Morgan fingerprint density at radius 3 is 2.52 bits per heavy atom. The number of carboxylic acid groups (broad SMARTS) is 1. The summed E-state index contributed by atoms with van der Waals surface area (Å²) in [4.78, 5) is 27.8. The van der Waals surface area contributed by atoms with Gasteiger partial charge in [-0.05, 0) is 73.2 Å². The molecule has 2 aromatic rings. The monoisotopic (exact) mass is 616 g/mol. The number of aliphatic carboxylic acids is 1. The maximum absolute atomic E-state index is 13.5. The second-order valence-corrected chi connectivity index (χ2v) is 15.1. The molecule has 1 heterocycles. The molecule has 8 nitrogen and oxygen atoms in total. The fourth-order valence-electron chi connectivity index (χ4n) is 6.00. The quantitative estimate of drug-likeness (QED) is 0.326. The topological polar surface area (TPSA) is 113 Å². The van der Waals surface area contributed by atoms with Crippen molar-refractivity contribution in [3.63, 3.8) is 0 Å². The van der Waals surface area contributed by atoms with E-state index in [1.165, 1.54) is 19.3 Å². The van der Waals surface area contributed by atoms with Crippen LogP contribution in [-0.2, 0) is 25.9 Å². The van der Waals surface area contributed by atoms with E-state index in [0.717, 1.165) is 67.5 Å². The lowest BCUT2D eigenvalue weighted by Gasteiger charge is -2.28. The van der Waals surface area contributed by atoms with Crippen LogP contribution in [0.4, 0.5) is 0 Å². The SMILES string of the molecule is CS[C@@H]1C[C@@H](COC2CCCCC2)N(Cc2ccc(C(=O)N[C@@H](CCS(C)(=O)=O)C(=O)O)c(-c3ccccc3C)c2)C1. The van der Waals surface area contributed by atoms with E-state index < -0.39 is 27.8 Å². The summed E-state index contributed by atoms with van der Waals surface area (Å²) in [5, 5.41) is 12.8. The number of rotatable bonds is 13. The highest BCUT2D eigenvalue weighted by Gasteiger charge is 2.33. The standard InChI is InChI=1S/C32H44N2O6S2/c1-22-9-7-8-12-27(22)29-17-23(13-14-28(29)31(35)33-30(32(36)37)15-16-42(3,38)39)19-34-20-26(41-2)18-24(34)21-40-25-10-5-4-6-11-25/h7-9,12-14,17,24-26,30H,4-6,10-11,15-16,18-21H2,1-3H3,(H,33,35)(H,36,37)/t24-,26+,30-/m0/s1. The minimum absolute atomic E-state index is 0.201. The number of sulfone groups is 1. The van der Waals surface area contributed by atoms with Gasteiger partial charge in [0.25, 0.3) is 5.91 Å². The molecule has 2 N–H and O–H groups in total. The molecule has 1 aliphatic carbocycles. The highest BCUT2D eigenvalue weighted by molar-refractivity contribution is 7.99. The summed E-state index contributed by atoms with van der Waals surface area (Å²) < 4.78 is 29.7. The number of hydrogen-bond acceptors (Lipinski definition) is 7. The van der Waals surface area contributed by atoms with Crippen molar-refractivity contribution < 1.29 is 27.9 Å². The van der Waals surface area contributed by atoms with Gasteiger partial charge in [-0.1, -0.05) is 49.6 Å². The predicted octanol–water partition coefficient (Wildman–Crippen LogP) is 4.93. The third-order valence-corrected chi connectivity index (χ3v) is 10.4. The van der Waals surface area contributed by atoms with Gasteiger partial charge >= 0.3 is 5.97 Å². The van der Waals surface area contributed by atoms with Crippen LogP contribution in [0, 0.1) is 6.92 Å². The molecule has 1 amide bonds. The van der Waals surface area contributed by atoms with Gasteiger partial charge in [0.2, 0.25) is 0 Å². The van der Waals surface area contributed by atoms with Crippen molar-refractivity contribution in [3.05, 3.63) is 59.2 Å². The number of benzene rings is 2. The second kappa shape index (κ2) is 14.9. The minimum atomic E-state index is -3.38. The van der Waals surface area contributed by atoms with Crippen molar-refractivity contribution in [2.45, 2.75) is 81.9 Å². The first-order chi connectivity index (χ1) is 20.0. The van der Waals surface area contributed by atoms with Crippen molar-refractivity contribution >= 4 is 33.5 Å². The minimum Gasteiger partial charge on any atom is -0.480 e. The normalized spacial score (nSPS) is 20.8. The molecule has 2 aliphatic rings. The van der Waals surface area contributed by atoms with Crippen LogP contribution in [0.2, 0.25) is 0 Å². The molecule has 3 atom stereocenters. The van der Waals surface area contributed by atoms with Gasteiger partial charge in [-0.3, -0.25) is 9.69 Å². The van der Waals surface area contributed by atoms with Crippen LogP contribution in [0.15, 0.2) is 42.5 Å². The summed E-state index contributed by atoms with van der Waals surface area (Å²) in [7, 11) is -3.38. The molecule has 0 aromatic heterocycles. The Bertz CT molecular complexity index is 1340. The van der Waals surface area contributed by atoms with Crippen molar-refractivity contribution in [1.82, 2.24) is 10.2 Å². The van der Waals surface area contributed by atoms with Crippen molar-refractivity contribution in [2.75, 3.05) is 31.4 Å². The highest BCUT2D eigenvalue weighted by atomic mass is 32.2. The molecule has 42 heavy (non-hydrogen) atoms. The van der Waals surface area contributed by atoms with Crippen LogP contribution in [-0.4, -0.2) is 85.2 Å². The Kier molecular flexibility index (Phi) is 11.5. The summed E-state index contributed by atoms with van der Waals surface area (Å²) in [6.45, 7) is 4.42. The Morgan fingerprint density at radius 1 is 1.12 bits per heavy atom. The number of likely N-dealkylation sites (tertiary alicyclic amines) is 1. The number of carbonyl (C=O) groups is 2. The Hall–Kier alpha value is -2.40. The average molecular weight is 617 g/mol. The van der Waals surface area contributed by atoms with Crippen LogP contribution in [0.1, 0.15) is 66.4 Å². The maximum atomic E-state index is 13.5. The molecular formula is C32H44N2O6S2. The average Bonchev–Trinajstić information content (AvgIpc) is 3.35. The molecule has 0 radical (unpaired) electrons. The van der Waals surface area contributed by atoms with Gasteiger partial charge in [-0.25, -0.2) is 13.2 Å². The summed E-state index contributed by atoms with van der Waals surface area (Å²) in [6.07, 6.45) is 10.6. The second-order valence-electron chi connectivity index (χ2n) is 11.7. The molecule has 1 saturated heterocycles. The molecular weight excluding hydrogens is 572 g/mol. The molecule has 2 aromatic carbocycles. The zero-order valence-corrected chi connectivity index (χ0v) is 26.5. The number of nitrogens with one attached hydrogen (secondary N) is 1. The molecule has 10 heteroatoms. The molecule has 230 valence electrons. The van der Waals surface area contributed by atoms with Gasteiger partial charge < -0.3 is 15.2 Å². The number of ether oxygens (including phenoxy) is 1. The lowest BCUT2D eigenvalue weighted by Crippen LogP contribution is -2.42. The Labute approximate surface area is 254 Å². The van der Waals surface area contributed by atoms with Gasteiger partial charge in [-0.2, -0.15) is 11.8 Å². The number of nitrogens with zero attached hydrogens (tertiary/aromatic N) is 1. The van der Waals surface area contributed by atoms with Crippen LogP contribution in [0.25, 0.3) is 11.1 Å². The fraction of sp³-hybridized carbons (Fsp3) is 0.562. The number of hydrogen-bond donors (Lipinski definition) is 2. The maximum Gasteiger partial charge on any atom is 0.326 e. The Balaban J connectivity index is 1.57. The Morgan fingerprint density at radius 2 is 1.86 bits per heavy atom. The van der Waals surface area contributed by atoms with E-state index in [1.54, 1.807) is 6.07 Å². The molecule has 0 spiro atoms. The first-order valence-electron chi connectivity index (χ1n) is 14.8. The molecule has 4 rings (SSSR count). The predicted molar refractivity (Wildman–Crippen MR) is 169 cm³/mol. The van der Waals surface area contributed by atoms with Gasteiger partial charge in [0.05, 0.1) is 18.5 Å². The van der Waals surface area contributed by atoms with E-state index >= 15 is 0 Å². The molecule has 0 unspecified atom stereocenters. The van der Waals surface area contributed by atoms with Crippen LogP contribution in [0.5, 0.6) is 0 Å². The van der Waals surface area contributed by atoms with Gasteiger partial charge in [0.1, 0.15) is 15.9 Å². The first-order valence-corrected chi connectivity index (χ1v) is 18.2. The summed E-state index contributed by atoms with van der Waals surface area (Å²) in [5.74, 6) is -2.13.